The summed E-state index contributed by atoms with van der Waals surface area (Å²) in [5.41, 5.74) is -1.48. The molecule has 282 valence electrons. The van der Waals surface area contributed by atoms with Crippen molar-refractivity contribution in [2.45, 2.75) is 215 Å². The van der Waals surface area contributed by atoms with Gasteiger partial charge in [0.1, 0.15) is 5.78 Å². The van der Waals surface area contributed by atoms with E-state index < -0.39 is 11.2 Å². The summed E-state index contributed by atoms with van der Waals surface area (Å²) in [4.78, 5) is 41.9. The van der Waals surface area contributed by atoms with Gasteiger partial charge in [0.15, 0.2) is 0 Å². The van der Waals surface area contributed by atoms with Crippen LogP contribution in [0.25, 0.3) is 0 Å². The van der Waals surface area contributed by atoms with Gasteiger partial charge >= 0.3 is 0 Å². The minimum Gasteiger partial charge on any atom is -0.373 e. The third-order valence-corrected chi connectivity index (χ3v) is 11.2. The highest BCUT2D eigenvalue weighted by atomic mass is 16.6. The number of carbonyl (C=O) groups excluding carboxylic acids is 3. The van der Waals surface area contributed by atoms with Gasteiger partial charge in [-0.05, 0) is 65.2 Å². The van der Waals surface area contributed by atoms with E-state index in [0.29, 0.717) is 44.8 Å². The monoisotopic (exact) mass is 678 g/mol. The number of ether oxygens (including phenoxy) is 2. The number of nitrogens with zero attached hydrogens (tertiary/aromatic N) is 1. The van der Waals surface area contributed by atoms with Crippen LogP contribution in [0.4, 0.5) is 0 Å². The minimum absolute atomic E-state index is 0.0170. The second kappa shape index (κ2) is 22.5. The summed E-state index contributed by atoms with van der Waals surface area (Å²) >= 11 is 0. The number of hydrogen-bond donors (Lipinski definition) is 0. The first-order chi connectivity index (χ1) is 22.6. The maximum atomic E-state index is 13.7. The van der Waals surface area contributed by atoms with Crippen LogP contribution < -0.4 is 0 Å². The van der Waals surface area contributed by atoms with Gasteiger partial charge < -0.3 is 9.47 Å². The van der Waals surface area contributed by atoms with Crippen molar-refractivity contribution in [1.29, 1.82) is 0 Å². The molecule has 0 aromatic rings. The van der Waals surface area contributed by atoms with Gasteiger partial charge in [0, 0.05) is 24.8 Å². The fourth-order valence-corrected chi connectivity index (χ4v) is 7.35. The number of amides is 2. The van der Waals surface area contributed by atoms with Crippen molar-refractivity contribution in [3.05, 3.63) is 0 Å². The van der Waals surface area contributed by atoms with Gasteiger partial charge in [0.05, 0.1) is 30.3 Å². The SMILES string of the molecule is CCCCCCCC(C)(CCCC)C1CC(=O)N(CCC(C)(C)OCC(C)(C)OCCC(=O)C(C)(CCCCC)CCCCCC)C1=O. The number of hydrogen-bond acceptors (Lipinski definition) is 5. The average molecular weight is 678 g/mol. The van der Waals surface area contributed by atoms with E-state index in [0.717, 1.165) is 64.2 Å². The molecular formula is C42H79NO5. The van der Waals surface area contributed by atoms with Crippen molar-refractivity contribution < 1.29 is 23.9 Å². The molecule has 0 aromatic carbocycles. The maximum absolute atomic E-state index is 13.7. The number of unbranched alkanes of at least 4 members (excludes halogenated alkanes) is 10. The van der Waals surface area contributed by atoms with E-state index in [2.05, 4.69) is 41.5 Å². The molecule has 0 radical (unpaired) electrons. The largest absolute Gasteiger partial charge is 0.373 e. The fraction of sp³-hybridized carbons (Fsp3) is 0.929. The van der Waals surface area contributed by atoms with Gasteiger partial charge in [0.2, 0.25) is 11.8 Å². The zero-order valence-electron chi connectivity index (χ0n) is 33.5. The Morgan fingerprint density at radius 2 is 1.15 bits per heavy atom. The van der Waals surface area contributed by atoms with Crippen molar-refractivity contribution in [1.82, 2.24) is 4.90 Å². The number of ketones is 1. The molecule has 1 heterocycles. The number of rotatable bonds is 30. The normalized spacial score (nSPS) is 18.4. The van der Waals surface area contributed by atoms with Crippen LogP contribution in [0.15, 0.2) is 0 Å². The molecule has 0 aliphatic carbocycles. The summed E-state index contributed by atoms with van der Waals surface area (Å²) < 4.78 is 12.6. The first-order valence-corrected chi connectivity index (χ1v) is 20.3. The summed E-state index contributed by atoms with van der Waals surface area (Å²) in [6.07, 6.45) is 21.7. The molecule has 6 nitrogen and oxygen atoms in total. The van der Waals surface area contributed by atoms with Gasteiger partial charge in [-0.1, -0.05) is 131 Å². The van der Waals surface area contributed by atoms with Crippen molar-refractivity contribution in [2.75, 3.05) is 19.8 Å². The Kier molecular flexibility index (Phi) is 21.0. The maximum Gasteiger partial charge on any atom is 0.233 e. The molecule has 48 heavy (non-hydrogen) atoms. The van der Waals surface area contributed by atoms with E-state index in [4.69, 9.17) is 9.47 Å². The molecule has 6 heteroatoms. The molecule has 1 saturated heterocycles. The molecule has 3 atom stereocenters. The third-order valence-electron chi connectivity index (χ3n) is 11.2. The summed E-state index contributed by atoms with van der Waals surface area (Å²) in [5, 5.41) is 0. The van der Waals surface area contributed by atoms with Crippen LogP contribution in [-0.4, -0.2) is 53.5 Å². The van der Waals surface area contributed by atoms with Crippen LogP contribution in [0.5, 0.6) is 0 Å². The molecule has 2 amide bonds. The fourth-order valence-electron chi connectivity index (χ4n) is 7.35. The number of imide groups is 1. The average Bonchev–Trinajstić information content (AvgIpc) is 3.33. The Hall–Kier alpha value is -1.27. The van der Waals surface area contributed by atoms with E-state index in [1.54, 1.807) is 0 Å². The molecular weight excluding hydrogens is 598 g/mol. The first-order valence-electron chi connectivity index (χ1n) is 20.3. The van der Waals surface area contributed by atoms with Gasteiger partial charge in [-0.15, -0.1) is 0 Å². The summed E-state index contributed by atoms with van der Waals surface area (Å²) in [5.74, 6) is 0.0950. The van der Waals surface area contributed by atoms with Crippen LogP contribution in [0, 0.1) is 16.7 Å². The molecule has 0 N–H and O–H groups in total. The molecule has 1 fully saturated rings. The molecule has 3 unspecified atom stereocenters. The van der Waals surface area contributed by atoms with Gasteiger partial charge in [0.25, 0.3) is 0 Å². The van der Waals surface area contributed by atoms with Crippen LogP contribution >= 0.6 is 0 Å². The van der Waals surface area contributed by atoms with Crippen molar-refractivity contribution in [3.63, 3.8) is 0 Å². The number of likely N-dealkylation sites (tertiary alicyclic amines) is 1. The van der Waals surface area contributed by atoms with E-state index in [1.165, 1.54) is 56.3 Å². The number of Topliss-reactive ketones (excluding diaryl/α,β-unsaturated/α-hetero) is 1. The molecule has 0 spiro atoms. The predicted octanol–water partition coefficient (Wildman–Crippen LogP) is 11.4. The van der Waals surface area contributed by atoms with Gasteiger partial charge in [-0.25, -0.2) is 0 Å². The van der Waals surface area contributed by atoms with Crippen molar-refractivity contribution in [2.24, 2.45) is 16.7 Å². The molecule has 1 aliphatic rings. The van der Waals surface area contributed by atoms with E-state index >= 15 is 0 Å². The van der Waals surface area contributed by atoms with Gasteiger partial charge in [-0.2, -0.15) is 0 Å². The highest BCUT2D eigenvalue weighted by Crippen LogP contribution is 2.44. The van der Waals surface area contributed by atoms with Crippen LogP contribution in [0.3, 0.4) is 0 Å². The topological polar surface area (TPSA) is 72.9 Å². The van der Waals surface area contributed by atoms with Crippen molar-refractivity contribution >= 4 is 17.6 Å². The molecule has 1 rings (SSSR count). The second-order valence-corrected chi connectivity index (χ2v) is 17.0. The number of carbonyl (C=O) groups is 3. The zero-order chi connectivity index (χ0) is 36.3. The van der Waals surface area contributed by atoms with Gasteiger partial charge in [-0.3, -0.25) is 19.3 Å². The smallest absolute Gasteiger partial charge is 0.233 e. The van der Waals surface area contributed by atoms with Crippen LogP contribution in [0.1, 0.15) is 204 Å². The lowest BCUT2D eigenvalue weighted by atomic mass is 9.69. The summed E-state index contributed by atoms with van der Waals surface area (Å²) in [6, 6.07) is 0. The Bertz CT molecular complexity index is 929. The quantitative estimate of drug-likeness (QED) is 0.0559. The lowest BCUT2D eigenvalue weighted by molar-refractivity contribution is -0.145. The Balaban J connectivity index is 2.68. The lowest BCUT2D eigenvalue weighted by Crippen LogP contribution is -2.41. The third kappa shape index (κ3) is 16.2. The molecule has 1 aliphatic heterocycles. The second-order valence-electron chi connectivity index (χ2n) is 17.0. The van der Waals surface area contributed by atoms with E-state index in [1.807, 2.05) is 27.7 Å². The molecule has 0 saturated carbocycles. The molecule has 0 bridgehead atoms. The predicted molar refractivity (Wildman–Crippen MR) is 201 cm³/mol. The van der Waals surface area contributed by atoms with E-state index in [9.17, 15) is 14.4 Å². The van der Waals surface area contributed by atoms with Crippen molar-refractivity contribution in [3.8, 4) is 0 Å². The Morgan fingerprint density at radius 3 is 1.75 bits per heavy atom. The summed E-state index contributed by atoms with van der Waals surface area (Å²) in [7, 11) is 0. The zero-order valence-corrected chi connectivity index (χ0v) is 33.5. The summed E-state index contributed by atoms with van der Waals surface area (Å²) in [6.45, 7) is 22.5. The highest BCUT2D eigenvalue weighted by Gasteiger charge is 2.48. The minimum atomic E-state index is -0.556. The Labute approximate surface area is 297 Å². The lowest BCUT2D eigenvalue weighted by Gasteiger charge is -2.35. The standard InChI is InChI=1S/C42H79NO5/c1-11-15-19-21-24-27-41(9,26-18-14-4)35-33-37(45)43(38(35)46)31-30-39(5,6)48-34-40(7,8)47-32-25-36(44)42(10,28-22-17-13-3)29-23-20-16-12-2/h35H,11-34H2,1-10H3. The Morgan fingerprint density at radius 1 is 0.646 bits per heavy atom. The molecule has 0 aromatic heterocycles. The van der Waals surface area contributed by atoms with E-state index in [-0.39, 0.29) is 28.6 Å². The first kappa shape index (κ1) is 44.8. The van der Waals surface area contributed by atoms with Crippen LogP contribution in [-0.2, 0) is 23.9 Å². The van der Waals surface area contributed by atoms with Crippen LogP contribution in [0.2, 0.25) is 0 Å². The highest BCUT2D eigenvalue weighted by molar-refractivity contribution is 6.03.